The molecule has 1 aromatic carbocycles. The van der Waals surface area contributed by atoms with E-state index in [1.807, 2.05) is 24.3 Å². The maximum atomic E-state index is 5.89. The second kappa shape index (κ2) is 6.67. The molecule has 0 bridgehead atoms. The summed E-state index contributed by atoms with van der Waals surface area (Å²) in [5.41, 5.74) is 7.65. The minimum Gasteiger partial charge on any atom is -0.496 e. The van der Waals surface area contributed by atoms with Crippen molar-refractivity contribution in [3.05, 3.63) is 45.8 Å². The van der Waals surface area contributed by atoms with Crippen LogP contribution in [0.2, 0.25) is 0 Å². The summed E-state index contributed by atoms with van der Waals surface area (Å²) in [6.45, 7) is 0.381. The lowest BCUT2D eigenvalue weighted by Crippen LogP contribution is -2.07. The lowest BCUT2D eigenvalue weighted by molar-refractivity contribution is 0.180. The fourth-order valence-corrected chi connectivity index (χ4v) is 2.19. The number of ether oxygens (including phenoxy) is 2. The standard InChI is InChI=1S/C14H16BrN3O2/c1-19-8-10-13(15)14(16)18-12(17-10)7-9-5-3-4-6-11(9)20-2/h3-6H,7-8H2,1-2H3,(H2,16,17,18). The Labute approximate surface area is 126 Å². The molecule has 0 unspecified atom stereocenters. The molecule has 0 radical (unpaired) electrons. The number of anilines is 1. The van der Waals surface area contributed by atoms with Gasteiger partial charge in [-0.2, -0.15) is 0 Å². The van der Waals surface area contributed by atoms with Crippen molar-refractivity contribution in [1.29, 1.82) is 0 Å². The van der Waals surface area contributed by atoms with Gasteiger partial charge in [0.25, 0.3) is 0 Å². The molecule has 2 N–H and O–H groups in total. The number of rotatable bonds is 5. The molecule has 0 saturated heterocycles. The number of benzene rings is 1. The van der Waals surface area contributed by atoms with E-state index in [1.54, 1.807) is 14.2 Å². The van der Waals surface area contributed by atoms with Gasteiger partial charge in [0.1, 0.15) is 17.4 Å². The predicted molar refractivity (Wildman–Crippen MR) is 80.7 cm³/mol. The number of methoxy groups -OCH3 is 2. The summed E-state index contributed by atoms with van der Waals surface area (Å²) in [6.07, 6.45) is 0.554. The molecule has 0 spiro atoms. The number of nitrogen functional groups attached to an aromatic ring is 1. The van der Waals surface area contributed by atoms with Crippen LogP contribution in [-0.2, 0) is 17.8 Å². The average molecular weight is 338 g/mol. The minimum absolute atomic E-state index is 0.381. The van der Waals surface area contributed by atoms with E-state index in [2.05, 4.69) is 25.9 Å². The van der Waals surface area contributed by atoms with Crippen molar-refractivity contribution in [1.82, 2.24) is 9.97 Å². The van der Waals surface area contributed by atoms with Crippen LogP contribution in [0.25, 0.3) is 0 Å². The molecular formula is C14H16BrN3O2. The van der Waals surface area contributed by atoms with E-state index >= 15 is 0 Å². The molecule has 0 aliphatic rings. The maximum absolute atomic E-state index is 5.89. The maximum Gasteiger partial charge on any atom is 0.141 e. The topological polar surface area (TPSA) is 70.3 Å². The van der Waals surface area contributed by atoms with E-state index in [-0.39, 0.29) is 0 Å². The zero-order chi connectivity index (χ0) is 14.5. The Kier molecular flexibility index (Phi) is 4.92. The van der Waals surface area contributed by atoms with Crippen LogP contribution < -0.4 is 10.5 Å². The Morgan fingerprint density at radius 3 is 2.65 bits per heavy atom. The summed E-state index contributed by atoms with van der Waals surface area (Å²) in [5, 5.41) is 0. The zero-order valence-electron chi connectivity index (χ0n) is 11.4. The van der Waals surface area contributed by atoms with E-state index in [9.17, 15) is 0 Å². The molecule has 5 nitrogen and oxygen atoms in total. The number of nitrogens with zero attached hydrogens (tertiary/aromatic N) is 2. The minimum atomic E-state index is 0.381. The van der Waals surface area contributed by atoms with Crippen molar-refractivity contribution in [2.45, 2.75) is 13.0 Å². The van der Waals surface area contributed by atoms with Crippen LogP contribution >= 0.6 is 15.9 Å². The van der Waals surface area contributed by atoms with Crippen LogP contribution in [0.1, 0.15) is 17.1 Å². The van der Waals surface area contributed by atoms with E-state index in [0.29, 0.717) is 29.1 Å². The number of aromatic nitrogens is 2. The summed E-state index contributed by atoms with van der Waals surface area (Å²) >= 11 is 3.37. The third-order valence-corrected chi connectivity index (χ3v) is 3.68. The largest absolute Gasteiger partial charge is 0.496 e. The summed E-state index contributed by atoms with van der Waals surface area (Å²) in [5.74, 6) is 1.87. The Morgan fingerprint density at radius 1 is 1.20 bits per heavy atom. The first kappa shape index (κ1) is 14.7. The quantitative estimate of drug-likeness (QED) is 0.907. The third kappa shape index (κ3) is 3.26. The van der Waals surface area contributed by atoms with Gasteiger partial charge in [-0.3, -0.25) is 0 Å². The van der Waals surface area contributed by atoms with E-state index in [0.717, 1.165) is 17.0 Å². The van der Waals surface area contributed by atoms with Crippen LogP contribution in [0.4, 0.5) is 5.82 Å². The number of hydrogen-bond acceptors (Lipinski definition) is 5. The summed E-state index contributed by atoms with van der Waals surface area (Å²) in [7, 11) is 3.26. The van der Waals surface area contributed by atoms with Crippen LogP contribution in [0.5, 0.6) is 5.75 Å². The first-order chi connectivity index (χ1) is 9.65. The molecule has 20 heavy (non-hydrogen) atoms. The third-order valence-electron chi connectivity index (χ3n) is 2.81. The van der Waals surface area contributed by atoms with Crippen molar-refractivity contribution < 1.29 is 9.47 Å². The van der Waals surface area contributed by atoms with Gasteiger partial charge in [0.15, 0.2) is 0 Å². The SMILES string of the molecule is COCc1nc(Cc2ccccc2OC)nc(N)c1Br. The van der Waals surface area contributed by atoms with Crippen LogP contribution in [-0.4, -0.2) is 24.2 Å². The highest BCUT2D eigenvalue weighted by molar-refractivity contribution is 9.10. The Bertz CT molecular complexity index is 605. The van der Waals surface area contributed by atoms with Crippen molar-refractivity contribution in [3.63, 3.8) is 0 Å². The molecule has 1 heterocycles. The highest BCUT2D eigenvalue weighted by Crippen LogP contribution is 2.24. The first-order valence-electron chi connectivity index (χ1n) is 6.07. The molecule has 2 rings (SSSR count). The molecule has 0 amide bonds. The van der Waals surface area contributed by atoms with Gasteiger partial charge in [0, 0.05) is 19.1 Å². The molecule has 0 atom stereocenters. The molecule has 1 aromatic heterocycles. The fraction of sp³-hybridized carbons (Fsp3) is 0.286. The molecular weight excluding hydrogens is 322 g/mol. The lowest BCUT2D eigenvalue weighted by Gasteiger charge is -2.10. The van der Waals surface area contributed by atoms with Crippen LogP contribution in [0.15, 0.2) is 28.7 Å². The van der Waals surface area contributed by atoms with Crippen LogP contribution in [0.3, 0.4) is 0 Å². The highest BCUT2D eigenvalue weighted by Gasteiger charge is 2.12. The predicted octanol–water partition coefficient (Wildman–Crippen LogP) is 2.57. The molecule has 6 heteroatoms. The fourth-order valence-electron chi connectivity index (χ4n) is 1.90. The Morgan fingerprint density at radius 2 is 1.95 bits per heavy atom. The van der Waals surface area contributed by atoms with Gasteiger partial charge in [0.2, 0.25) is 0 Å². The summed E-state index contributed by atoms with van der Waals surface area (Å²) in [4.78, 5) is 8.77. The molecule has 0 aliphatic heterocycles. The molecule has 106 valence electrons. The Hall–Kier alpha value is -1.66. The van der Waals surface area contributed by atoms with Crippen molar-refractivity contribution >= 4 is 21.7 Å². The molecule has 0 saturated carbocycles. The van der Waals surface area contributed by atoms with Gasteiger partial charge in [-0.25, -0.2) is 9.97 Å². The Balaban J connectivity index is 2.34. The number of nitrogens with two attached hydrogens (primary N) is 1. The smallest absolute Gasteiger partial charge is 0.141 e. The molecule has 0 aliphatic carbocycles. The number of halogens is 1. The number of para-hydroxylation sites is 1. The second-order valence-corrected chi connectivity index (χ2v) is 5.00. The zero-order valence-corrected chi connectivity index (χ0v) is 13.0. The summed E-state index contributed by atoms with van der Waals surface area (Å²) in [6, 6.07) is 7.77. The van der Waals surface area contributed by atoms with E-state index in [4.69, 9.17) is 15.2 Å². The monoisotopic (exact) mass is 337 g/mol. The molecule has 0 fully saturated rings. The van der Waals surface area contributed by atoms with Gasteiger partial charge in [0.05, 0.1) is 23.9 Å². The van der Waals surface area contributed by atoms with Gasteiger partial charge in [-0.15, -0.1) is 0 Å². The van der Waals surface area contributed by atoms with Crippen molar-refractivity contribution in [2.75, 3.05) is 20.0 Å². The second-order valence-electron chi connectivity index (χ2n) is 4.21. The highest BCUT2D eigenvalue weighted by atomic mass is 79.9. The first-order valence-corrected chi connectivity index (χ1v) is 6.86. The van der Waals surface area contributed by atoms with E-state index in [1.165, 1.54) is 0 Å². The van der Waals surface area contributed by atoms with Crippen molar-refractivity contribution in [3.8, 4) is 5.75 Å². The van der Waals surface area contributed by atoms with Crippen LogP contribution in [0, 0.1) is 0 Å². The average Bonchev–Trinajstić information content (AvgIpc) is 2.45. The number of hydrogen-bond donors (Lipinski definition) is 1. The van der Waals surface area contributed by atoms with Gasteiger partial charge in [-0.1, -0.05) is 18.2 Å². The van der Waals surface area contributed by atoms with Gasteiger partial charge < -0.3 is 15.2 Å². The van der Waals surface area contributed by atoms with Crippen molar-refractivity contribution in [2.24, 2.45) is 0 Å². The lowest BCUT2D eigenvalue weighted by atomic mass is 10.1. The molecule has 2 aromatic rings. The van der Waals surface area contributed by atoms with E-state index < -0.39 is 0 Å². The van der Waals surface area contributed by atoms with Gasteiger partial charge >= 0.3 is 0 Å². The summed E-state index contributed by atoms with van der Waals surface area (Å²) < 4.78 is 11.1. The normalized spacial score (nSPS) is 10.6. The van der Waals surface area contributed by atoms with Gasteiger partial charge in [-0.05, 0) is 22.0 Å².